The molecule has 2 N–H and O–H groups in total. The van der Waals surface area contributed by atoms with Crippen molar-refractivity contribution in [1.82, 2.24) is 10.1 Å². The molecule has 2 aromatic carbocycles. The second-order valence-electron chi connectivity index (χ2n) is 8.96. The van der Waals surface area contributed by atoms with Gasteiger partial charge in [0.1, 0.15) is 35.2 Å². The second-order valence-corrected chi connectivity index (χ2v) is 10.2. The molecule has 202 valence electrons. The highest BCUT2D eigenvalue weighted by molar-refractivity contribution is 6.39. The fraction of sp³-hybridized carbons (Fsp3) is 0.192. The van der Waals surface area contributed by atoms with Crippen molar-refractivity contribution >= 4 is 46.6 Å². The normalized spacial score (nSPS) is 14.3. The van der Waals surface area contributed by atoms with Crippen molar-refractivity contribution in [2.75, 3.05) is 18.0 Å². The monoisotopic (exact) mass is 595 g/mol. The molecule has 1 aliphatic heterocycles. The molecule has 2 aromatic heterocycles. The number of aliphatic hydroxyl groups is 1. The van der Waals surface area contributed by atoms with E-state index in [0.29, 0.717) is 33.9 Å². The van der Waals surface area contributed by atoms with Crippen LogP contribution in [0, 0.1) is 18.6 Å². The molecule has 0 unspecified atom stereocenters. The summed E-state index contributed by atoms with van der Waals surface area (Å²) in [7, 11) is 0. The van der Waals surface area contributed by atoms with Crippen LogP contribution in [0.25, 0.3) is 11.3 Å². The first-order valence-electron chi connectivity index (χ1n) is 11.4. The molecule has 8 nitrogen and oxygen atoms in total. The maximum absolute atomic E-state index is 14.4. The maximum Gasteiger partial charge on any atom is 0.337 e. The van der Waals surface area contributed by atoms with Crippen LogP contribution in [-0.4, -0.2) is 39.4 Å². The molecule has 0 spiro atoms. The summed E-state index contributed by atoms with van der Waals surface area (Å²) in [5.74, 6) is -1.93. The molecule has 1 saturated heterocycles. The van der Waals surface area contributed by atoms with Crippen molar-refractivity contribution in [2.24, 2.45) is 0 Å². The summed E-state index contributed by atoms with van der Waals surface area (Å²) in [5, 5.41) is 24.4. The summed E-state index contributed by atoms with van der Waals surface area (Å²) < 4.78 is 39.2. The number of anilines is 1. The zero-order chi connectivity index (χ0) is 28.1. The molecular formula is C26H18Cl3F2N3O5. The van der Waals surface area contributed by atoms with Gasteiger partial charge in [0.25, 0.3) is 0 Å². The Labute approximate surface area is 235 Å². The molecule has 0 bridgehead atoms. The van der Waals surface area contributed by atoms with E-state index < -0.39 is 23.2 Å². The maximum atomic E-state index is 14.4. The van der Waals surface area contributed by atoms with E-state index in [-0.39, 0.29) is 46.1 Å². The Kier molecular flexibility index (Phi) is 7.15. The highest BCUT2D eigenvalue weighted by Gasteiger charge is 2.45. The predicted octanol–water partition coefficient (Wildman–Crippen LogP) is 6.27. The number of pyridine rings is 1. The Morgan fingerprint density at radius 1 is 1.13 bits per heavy atom. The number of hydrogen-bond acceptors (Lipinski definition) is 7. The van der Waals surface area contributed by atoms with Crippen LogP contribution in [0.2, 0.25) is 15.1 Å². The van der Waals surface area contributed by atoms with Gasteiger partial charge in [-0.3, -0.25) is 0 Å². The van der Waals surface area contributed by atoms with Gasteiger partial charge in [-0.2, -0.15) is 0 Å². The Balaban J connectivity index is 1.30. The molecule has 0 aliphatic carbocycles. The summed E-state index contributed by atoms with van der Waals surface area (Å²) in [6, 6.07) is 7.86. The van der Waals surface area contributed by atoms with E-state index in [4.69, 9.17) is 49.2 Å². The molecule has 3 heterocycles. The lowest BCUT2D eigenvalue weighted by Crippen LogP contribution is -2.60. The summed E-state index contributed by atoms with van der Waals surface area (Å²) in [5.41, 5.74) is -0.0913. The topological polar surface area (TPSA) is 109 Å². The van der Waals surface area contributed by atoms with E-state index in [1.54, 1.807) is 19.1 Å². The van der Waals surface area contributed by atoms with E-state index in [1.165, 1.54) is 11.0 Å². The van der Waals surface area contributed by atoms with Crippen molar-refractivity contribution in [3.63, 3.8) is 0 Å². The van der Waals surface area contributed by atoms with Crippen LogP contribution in [0.4, 0.5) is 14.6 Å². The van der Waals surface area contributed by atoms with E-state index >= 15 is 0 Å². The number of ether oxygens (including phenoxy) is 1. The van der Waals surface area contributed by atoms with Crippen LogP contribution in [0.5, 0.6) is 5.75 Å². The summed E-state index contributed by atoms with van der Waals surface area (Å²) in [4.78, 5) is 16.4. The van der Waals surface area contributed by atoms with Crippen LogP contribution in [0.3, 0.4) is 0 Å². The fourth-order valence-electron chi connectivity index (χ4n) is 4.33. The molecule has 39 heavy (non-hydrogen) atoms. The third-order valence-corrected chi connectivity index (χ3v) is 7.24. The first-order valence-corrected chi connectivity index (χ1v) is 12.5. The third-order valence-electron chi connectivity index (χ3n) is 6.33. The molecule has 13 heteroatoms. The number of nitrogens with zero attached hydrogens (tertiary/aromatic N) is 3. The largest absolute Gasteiger partial charge is 0.489 e. The SMILES string of the molecule is Cc1onc(-c2c(Cl)cc(F)cc2Cl)c1COc1ccc(C2(O)CN(c3ncc(C(=O)O)cc3F)C2)c(Cl)c1. The van der Waals surface area contributed by atoms with E-state index in [0.717, 1.165) is 24.4 Å². The molecule has 0 radical (unpaired) electrons. The van der Waals surface area contributed by atoms with Gasteiger partial charge >= 0.3 is 5.97 Å². The zero-order valence-electron chi connectivity index (χ0n) is 20.0. The summed E-state index contributed by atoms with van der Waals surface area (Å²) in [6.45, 7) is 1.67. The minimum atomic E-state index is -1.39. The molecule has 0 amide bonds. The number of β-amino-alcohol motifs (C(OH)–C–C–N with tert-alkyl or cyclic N) is 1. The number of rotatable bonds is 7. The van der Waals surface area contributed by atoms with Crippen LogP contribution < -0.4 is 9.64 Å². The average Bonchev–Trinajstić information content (AvgIpc) is 3.20. The van der Waals surface area contributed by atoms with E-state index in [9.17, 15) is 18.7 Å². The number of carbonyl (C=O) groups is 1. The Morgan fingerprint density at radius 2 is 1.82 bits per heavy atom. The highest BCUT2D eigenvalue weighted by Crippen LogP contribution is 2.41. The van der Waals surface area contributed by atoms with E-state index in [2.05, 4.69) is 10.1 Å². The Bertz CT molecular complexity index is 1580. The molecule has 0 atom stereocenters. The summed E-state index contributed by atoms with van der Waals surface area (Å²) >= 11 is 18.9. The van der Waals surface area contributed by atoms with Crippen molar-refractivity contribution < 1.29 is 33.0 Å². The molecule has 5 rings (SSSR count). The Hall–Kier alpha value is -3.44. The van der Waals surface area contributed by atoms with Gasteiger partial charge in [-0.05, 0) is 37.3 Å². The van der Waals surface area contributed by atoms with Gasteiger partial charge in [0.2, 0.25) is 0 Å². The number of aromatic carboxylic acids is 1. The van der Waals surface area contributed by atoms with Gasteiger partial charge in [0.05, 0.1) is 39.3 Å². The lowest BCUT2D eigenvalue weighted by atomic mass is 9.86. The van der Waals surface area contributed by atoms with Gasteiger partial charge < -0.3 is 24.4 Å². The van der Waals surface area contributed by atoms with E-state index in [1.807, 2.05) is 0 Å². The number of carboxylic acids is 1. The molecule has 4 aromatic rings. The van der Waals surface area contributed by atoms with Gasteiger partial charge in [-0.25, -0.2) is 18.6 Å². The molecule has 1 aliphatic rings. The highest BCUT2D eigenvalue weighted by atomic mass is 35.5. The quantitative estimate of drug-likeness (QED) is 0.257. The first kappa shape index (κ1) is 27.1. The van der Waals surface area contributed by atoms with Crippen LogP contribution in [-0.2, 0) is 12.2 Å². The second kappa shape index (κ2) is 10.3. The van der Waals surface area contributed by atoms with Crippen molar-refractivity contribution in [3.05, 3.63) is 91.7 Å². The third kappa shape index (κ3) is 5.12. The van der Waals surface area contributed by atoms with Crippen LogP contribution in [0.15, 0.2) is 47.1 Å². The van der Waals surface area contributed by atoms with Gasteiger partial charge in [-0.1, -0.05) is 46.0 Å². The van der Waals surface area contributed by atoms with Crippen molar-refractivity contribution in [3.8, 4) is 17.0 Å². The van der Waals surface area contributed by atoms with Crippen molar-refractivity contribution in [1.29, 1.82) is 0 Å². The van der Waals surface area contributed by atoms with Gasteiger partial charge in [0, 0.05) is 17.3 Å². The summed E-state index contributed by atoms with van der Waals surface area (Å²) in [6.07, 6.45) is 1.05. The van der Waals surface area contributed by atoms with Gasteiger partial charge in [-0.15, -0.1) is 0 Å². The van der Waals surface area contributed by atoms with Crippen LogP contribution in [0.1, 0.15) is 27.2 Å². The lowest BCUT2D eigenvalue weighted by molar-refractivity contribution is 0.00670. The lowest BCUT2D eigenvalue weighted by Gasteiger charge is -2.47. The molecule has 0 saturated carbocycles. The first-order chi connectivity index (χ1) is 18.5. The number of hydrogen-bond donors (Lipinski definition) is 2. The fourth-order valence-corrected chi connectivity index (χ4v) is 5.32. The predicted molar refractivity (Wildman–Crippen MR) is 140 cm³/mol. The van der Waals surface area contributed by atoms with Crippen LogP contribution >= 0.6 is 34.8 Å². The smallest absolute Gasteiger partial charge is 0.337 e. The minimum Gasteiger partial charge on any atom is -0.489 e. The number of aromatic nitrogens is 2. The number of aryl methyl sites for hydroxylation is 1. The standard InChI is InChI=1S/C26H18Cl3F2N3O5/c1-12-16(23(33-39-12)22-19(28)5-14(30)6-20(22)29)9-38-15-2-3-17(18(27)7-15)26(37)10-34(11-26)24-21(31)4-13(8-32-24)25(35)36/h2-8,37H,9-11H2,1H3,(H,35,36). The average molecular weight is 597 g/mol. The molecular weight excluding hydrogens is 579 g/mol. The Morgan fingerprint density at radius 3 is 2.44 bits per heavy atom. The zero-order valence-corrected chi connectivity index (χ0v) is 22.3. The van der Waals surface area contributed by atoms with Crippen molar-refractivity contribution in [2.45, 2.75) is 19.1 Å². The number of halogens is 5. The molecule has 1 fully saturated rings. The number of benzene rings is 2. The minimum absolute atomic E-state index is 0.000291. The number of carboxylic acid groups (broad SMARTS) is 1. The van der Waals surface area contributed by atoms with Gasteiger partial charge in [0.15, 0.2) is 11.6 Å².